The van der Waals surface area contributed by atoms with Crippen LogP contribution in [0.5, 0.6) is 0 Å². The van der Waals surface area contributed by atoms with Crippen LogP contribution in [0.15, 0.2) is 37.3 Å². The van der Waals surface area contributed by atoms with Gasteiger partial charge in [-0.25, -0.2) is 14.6 Å². The van der Waals surface area contributed by atoms with Crippen LogP contribution in [0.3, 0.4) is 0 Å². The Morgan fingerprint density at radius 3 is 2.67 bits per heavy atom. The molecule has 0 aliphatic heterocycles. The first-order valence-electron chi connectivity index (χ1n) is 7.36. The number of hydrogen-bond donors (Lipinski definition) is 2. The number of alkyl halides is 3. The van der Waals surface area contributed by atoms with E-state index in [-0.39, 0.29) is 16.4 Å². The number of carbonyl (C=O) groups excluding carboxylic acids is 1. The van der Waals surface area contributed by atoms with Crippen LogP contribution in [0.2, 0.25) is 5.02 Å². The molecule has 0 unspecified atom stereocenters. The maximum Gasteiger partial charge on any atom is 0.418 e. The molecule has 0 bridgehead atoms. The minimum absolute atomic E-state index is 0.0532. The zero-order valence-corrected chi connectivity index (χ0v) is 14.2. The summed E-state index contributed by atoms with van der Waals surface area (Å²) in [6, 6.07) is 1.05. The van der Waals surface area contributed by atoms with Gasteiger partial charge in [0.1, 0.15) is 18.3 Å². The molecule has 1 aromatic carbocycles. The first kappa shape index (κ1) is 18.6. The van der Waals surface area contributed by atoms with Gasteiger partial charge in [0.05, 0.1) is 22.5 Å². The SMILES string of the molecule is Nc1cc(-n2cncn2)c(Cl)c(CNC(=O)c2cnccn2)c1C(F)(F)F. The van der Waals surface area contributed by atoms with E-state index in [0.29, 0.717) is 0 Å². The molecule has 3 rings (SSSR count). The molecule has 2 aromatic heterocycles. The Morgan fingerprint density at radius 2 is 2.07 bits per heavy atom. The fourth-order valence-electron chi connectivity index (χ4n) is 2.40. The van der Waals surface area contributed by atoms with Crippen molar-refractivity contribution >= 4 is 23.2 Å². The second kappa shape index (κ2) is 7.19. The first-order valence-corrected chi connectivity index (χ1v) is 7.74. The van der Waals surface area contributed by atoms with E-state index in [0.717, 1.165) is 6.07 Å². The quantitative estimate of drug-likeness (QED) is 0.653. The molecule has 0 spiro atoms. The van der Waals surface area contributed by atoms with Crippen LogP contribution in [0.1, 0.15) is 21.6 Å². The van der Waals surface area contributed by atoms with E-state index in [9.17, 15) is 18.0 Å². The van der Waals surface area contributed by atoms with Crippen molar-refractivity contribution in [3.05, 3.63) is 59.2 Å². The highest BCUT2D eigenvalue weighted by molar-refractivity contribution is 6.33. The van der Waals surface area contributed by atoms with Crippen molar-refractivity contribution in [2.45, 2.75) is 12.7 Å². The van der Waals surface area contributed by atoms with Gasteiger partial charge in [0.25, 0.3) is 5.91 Å². The summed E-state index contributed by atoms with van der Waals surface area (Å²) in [6.07, 6.45) is 1.50. The molecule has 0 radical (unpaired) electrons. The fourth-order valence-corrected chi connectivity index (χ4v) is 2.70. The molecule has 140 valence electrons. The summed E-state index contributed by atoms with van der Waals surface area (Å²) in [5.41, 5.74) is 3.59. The molecule has 12 heteroatoms. The fraction of sp³-hybridized carbons (Fsp3) is 0.133. The van der Waals surface area contributed by atoms with E-state index in [2.05, 4.69) is 25.4 Å². The van der Waals surface area contributed by atoms with Crippen molar-refractivity contribution < 1.29 is 18.0 Å². The lowest BCUT2D eigenvalue weighted by Gasteiger charge is -2.19. The first-order chi connectivity index (χ1) is 12.8. The number of hydrogen-bond acceptors (Lipinski definition) is 6. The molecule has 1 amide bonds. The van der Waals surface area contributed by atoms with E-state index in [4.69, 9.17) is 17.3 Å². The van der Waals surface area contributed by atoms with Crippen LogP contribution < -0.4 is 11.1 Å². The smallest absolute Gasteiger partial charge is 0.398 e. The number of anilines is 1. The molecule has 3 N–H and O–H groups in total. The van der Waals surface area contributed by atoms with Crippen molar-refractivity contribution in [2.75, 3.05) is 5.73 Å². The maximum atomic E-state index is 13.5. The topological polar surface area (TPSA) is 112 Å². The largest absolute Gasteiger partial charge is 0.418 e. The number of nitrogens with two attached hydrogens (primary N) is 1. The lowest BCUT2D eigenvalue weighted by Crippen LogP contribution is -2.26. The molecule has 0 saturated heterocycles. The number of nitrogens with zero attached hydrogens (tertiary/aromatic N) is 5. The summed E-state index contributed by atoms with van der Waals surface area (Å²) in [5.74, 6) is -0.711. The van der Waals surface area contributed by atoms with E-state index in [1.807, 2.05) is 0 Å². The number of amides is 1. The van der Waals surface area contributed by atoms with Crippen molar-refractivity contribution in [3.8, 4) is 5.69 Å². The zero-order chi connectivity index (χ0) is 19.6. The third-order valence-electron chi connectivity index (χ3n) is 3.54. The Balaban J connectivity index is 2.02. The second-order valence-electron chi connectivity index (χ2n) is 5.26. The number of aromatic nitrogens is 5. The van der Waals surface area contributed by atoms with Crippen LogP contribution in [0, 0.1) is 0 Å². The van der Waals surface area contributed by atoms with Gasteiger partial charge in [-0.2, -0.15) is 18.3 Å². The van der Waals surface area contributed by atoms with E-state index in [1.54, 1.807) is 0 Å². The van der Waals surface area contributed by atoms with Crippen molar-refractivity contribution in [1.29, 1.82) is 0 Å². The zero-order valence-electron chi connectivity index (χ0n) is 13.4. The summed E-state index contributed by atoms with van der Waals surface area (Å²) in [6.45, 7) is -0.532. The maximum absolute atomic E-state index is 13.5. The summed E-state index contributed by atoms with van der Waals surface area (Å²) in [5, 5.41) is 5.92. The molecule has 27 heavy (non-hydrogen) atoms. The third kappa shape index (κ3) is 3.82. The van der Waals surface area contributed by atoms with Gasteiger partial charge in [-0.3, -0.25) is 9.78 Å². The Kier molecular flexibility index (Phi) is 4.95. The van der Waals surface area contributed by atoms with Gasteiger partial charge in [-0.15, -0.1) is 0 Å². The van der Waals surface area contributed by atoms with Gasteiger partial charge in [0, 0.05) is 30.2 Å². The van der Waals surface area contributed by atoms with Gasteiger partial charge >= 0.3 is 6.18 Å². The average molecular weight is 398 g/mol. The second-order valence-corrected chi connectivity index (χ2v) is 5.64. The number of nitrogen functional groups attached to an aromatic ring is 1. The molecular formula is C15H11ClF3N7O. The van der Waals surface area contributed by atoms with Crippen molar-refractivity contribution in [1.82, 2.24) is 30.0 Å². The third-order valence-corrected chi connectivity index (χ3v) is 3.96. The number of halogens is 4. The molecular weight excluding hydrogens is 387 g/mol. The van der Waals surface area contributed by atoms with Gasteiger partial charge in [0.15, 0.2) is 0 Å². The highest BCUT2D eigenvalue weighted by Gasteiger charge is 2.38. The summed E-state index contributed by atoms with van der Waals surface area (Å²) in [7, 11) is 0. The number of carbonyl (C=O) groups is 1. The monoisotopic (exact) mass is 397 g/mol. The summed E-state index contributed by atoms with van der Waals surface area (Å²) < 4.78 is 41.7. The molecule has 0 fully saturated rings. The van der Waals surface area contributed by atoms with Crippen LogP contribution in [-0.4, -0.2) is 30.6 Å². The lowest BCUT2D eigenvalue weighted by molar-refractivity contribution is -0.137. The van der Waals surface area contributed by atoms with Crippen LogP contribution in [0.4, 0.5) is 18.9 Å². The van der Waals surface area contributed by atoms with Crippen LogP contribution in [0.25, 0.3) is 5.69 Å². The van der Waals surface area contributed by atoms with Gasteiger partial charge in [-0.05, 0) is 6.07 Å². The van der Waals surface area contributed by atoms with E-state index < -0.39 is 35.4 Å². The van der Waals surface area contributed by atoms with E-state index >= 15 is 0 Å². The summed E-state index contributed by atoms with van der Waals surface area (Å²) in [4.78, 5) is 23.3. The standard InChI is InChI=1S/C15H11ClF3N7O/c16-13-8(4-24-14(27)10-5-21-1-2-23-10)12(15(17,18)19)9(20)3-11(13)26-7-22-6-25-26/h1-3,5-7H,4,20H2,(H,24,27). The number of rotatable bonds is 4. The summed E-state index contributed by atoms with van der Waals surface area (Å²) >= 11 is 6.19. The van der Waals surface area contributed by atoms with Crippen LogP contribution >= 0.6 is 11.6 Å². The Hall–Kier alpha value is -3.21. The Bertz CT molecular complexity index is 962. The Labute approximate surface area is 155 Å². The minimum atomic E-state index is -4.78. The predicted octanol–water partition coefficient (Wildman–Crippen LogP) is 2.24. The van der Waals surface area contributed by atoms with Crippen molar-refractivity contribution in [3.63, 3.8) is 0 Å². The van der Waals surface area contributed by atoms with Crippen molar-refractivity contribution in [2.24, 2.45) is 0 Å². The molecule has 2 heterocycles. The minimum Gasteiger partial charge on any atom is -0.398 e. The molecule has 0 atom stereocenters. The molecule has 8 nitrogen and oxygen atoms in total. The highest BCUT2D eigenvalue weighted by atomic mass is 35.5. The van der Waals surface area contributed by atoms with Crippen LogP contribution in [-0.2, 0) is 12.7 Å². The van der Waals surface area contributed by atoms with Gasteiger partial charge in [0.2, 0.25) is 0 Å². The number of nitrogens with one attached hydrogen (secondary N) is 1. The highest BCUT2D eigenvalue weighted by Crippen LogP contribution is 2.41. The Morgan fingerprint density at radius 1 is 1.30 bits per heavy atom. The lowest BCUT2D eigenvalue weighted by atomic mass is 10.0. The molecule has 0 aliphatic rings. The van der Waals surface area contributed by atoms with Gasteiger partial charge < -0.3 is 11.1 Å². The molecule has 0 aliphatic carbocycles. The predicted molar refractivity (Wildman–Crippen MR) is 89.0 cm³/mol. The van der Waals surface area contributed by atoms with Gasteiger partial charge in [-0.1, -0.05) is 11.6 Å². The molecule has 0 saturated carbocycles. The molecule has 3 aromatic rings. The normalized spacial score (nSPS) is 11.4. The van der Waals surface area contributed by atoms with E-state index in [1.165, 1.54) is 35.9 Å². The number of benzene rings is 1. The average Bonchev–Trinajstić information content (AvgIpc) is 3.15.